The van der Waals surface area contributed by atoms with Crippen LogP contribution in [0.4, 0.5) is 5.69 Å². The first-order valence-corrected chi connectivity index (χ1v) is 8.15. The number of nitrogens with zero attached hydrogens (tertiary/aromatic N) is 3. The molecule has 0 bridgehead atoms. The lowest BCUT2D eigenvalue weighted by molar-refractivity contribution is 1.12. The molecule has 0 amide bonds. The molecule has 0 radical (unpaired) electrons. The van der Waals surface area contributed by atoms with E-state index in [0.29, 0.717) is 16.7 Å². The van der Waals surface area contributed by atoms with Gasteiger partial charge in [-0.25, -0.2) is 5.53 Å². The zero-order valence-corrected chi connectivity index (χ0v) is 13.6. The molecule has 5 rings (SSSR count). The predicted octanol–water partition coefficient (Wildman–Crippen LogP) is 4.66. The smallest absolute Gasteiger partial charge is 0.266 e. The summed E-state index contributed by atoms with van der Waals surface area (Å²) < 4.78 is 1.60. The van der Waals surface area contributed by atoms with E-state index in [0.717, 1.165) is 27.5 Å². The zero-order chi connectivity index (χ0) is 17.7. The molecule has 6 nitrogen and oxygen atoms in total. The number of fused-ring (bicyclic) bond motifs is 4. The summed E-state index contributed by atoms with van der Waals surface area (Å²) >= 11 is 0. The second kappa shape index (κ2) is 5.35. The molecule has 0 atom stereocenters. The Morgan fingerprint density at radius 3 is 2.58 bits per heavy atom. The van der Waals surface area contributed by atoms with E-state index in [1.165, 1.54) is 0 Å². The lowest BCUT2D eigenvalue weighted by Gasteiger charge is -2.02. The SMILES string of the molecule is N=Nc1c2cc(-c3ccncc3)ccc2n2c(=O)c3ccccc3[nH]c12. The Kier molecular flexibility index (Phi) is 2.99. The van der Waals surface area contributed by atoms with E-state index in [2.05, 4.69) is 15.1 Å². The van der Waals surface area contributed by atoms with E-state index in [1.807, 2.05) is 48.5 Å². The minimum atomic E-state index is -0.120. The van der Waals surface area contributed by atoms with Crippen molar-refractivity contribution in [2.45, 2.75) is 0 Å². The second-order valence-corrected chi connectivity index (χ2v) is 6.09. The minimum absolute atomic E-state index is 0.120. The third-order valence-corrected chi connectivity index (χ3v) is 4.68. The first-order chi connectivity index (χ1) is 12.8. The number of aromatic nitrogens is 3. The molecule has 6 heteroatoms. The Labute approximate surface area is 147 Å². The van der Waals surface area contributed by atoms with Crippen LogP contribution in [0.25, 0.3) is 38.6 Å². The van der Waals surface area contributed by atoms with Crippen molar-refractivity contribution in [2.24, 2.45) is 5.11 Å². The molecule has 2 N–H and O–H groups in total. The number of nitrogens with one attached hydrogen (secondary N) is 2. The lowest BCUT2D eigenvalue weighted by atomic mass is 10.1. The average Bonchev–Trinajstić information content (AvgIpc) is 3.01. The fraction of sp³-hybridized carbons (Fsp3) is 0. The summed E-state index contributed by atoms with van der Waals surface area (Å²) in [4.78, 5) is 20.3. The van der Waals surface area contributed by atoms with E-state index in [-0.39, 0.29) is 5.56 Å². The molecule has 0 aliphatic rings. The van der Waals surface area contributed by atoms with Gasteiger partial charge in [0.25, 0.3) is 5.56 Å². The maximum absolute atomic E-state index is 13.0. The summed E-state index contributed by atoms with van der Waals surface area (Å²) in [6.07, 6.45) is 3.48. The van der Waals surface area contributed by atoms with Gasteiger partial charge in [0, 0.05) is 17.8 Å². The molecule has 0 unspecified atom stereocenters. The van der Waals surface area contributed by atoms with Gasteiger partial charge in [-0.3, -0.25) is 14.2 Å². The van der Waals surface area contributed by atoms with E-state index in [1.54, 1.807) is 22.9 Å². The van der Waals surface area contributed by atoms with E-state index in [9.17, 15) is 4.79 Å². The normalized spacial score (nSPS) is 11.4. The van der Waals surface area contributed by atoms with E-state index in [4.69, 9.17) is 5.53 Å². The molecule has 3 heterocycles. The van der Waals surface area contributed by atoms with Crippen LogP contribution >= 0.6 is 0 Å². The average molecular weight is 339 g/mol. The summed E-state index contributed by atoms with van der Waals surface area (Å²) in [5.74, 6) is 0. The van der Waals surface area contributed by atoms with Gasteiger partial charge in [0.2, 0.25) is 0 Å². The van der Waals surface area contributed by atoms with Gasteiger partial charge in [-0.05, 0) is 47.5 Å². The molecule has 5 aromatic rings. The van der Waals surface area contributed by atoms with Crippen molar-refractivity contribution < 1.29 is 0 Å². The number of benzene rings is 2. The molecular formula is C20H13N5O. The van der Waals surface area contributed by atoms with Crippen LogP contribution in [0.1, 0.15) is 0 Å². The molecule has 0 spiro atoms. The number of pyridine rings is 1. The number of hydrogen-bond acceptors (Lipinski definition) is 4. The molecule has 124 valence electrons. The van der Waals surface area contributed by atoms with Gasteiger partial charge in [0.05, 0.1) is 16.4 Å². The molecule has 26 heavy (non-hydrogen) atoms. The number of hydrogen-bond donors (Lipinski definition) is 2. The highest BCUT2D eigenvalue weighted by Gasteiger charge is 2.16. The number of H-pyrrole nitrogens is 1. The number of para-hydroxylation sites is 1. The molecular weight excluding hydrogens is 326 g/mol. The van der Waals surface area contributed by atoms with Crippen LogP contribution in [0, 0.1) is 5.53 Å². The second-order valence-electron chi connectivity index (χ2n) is 6.09. The van der Waals surface area contributed by atoms with Crippen LogP contribution in [-0.4, -0.2) is 14.4 Å². The van der Waals surface area contributed by atoms with Crippen LogP contribution in [0.2, 0.25) is 0 Å². The molecule has 0 aliphatic heterocycles. The Morgan fingerprint density at radius 1 is 0.962 bits per heavy atom. The van der Waals surface area contributed by atoms with Crippen LogP contribution in [-0.2, 0) is 0 Å². The highest BCUT2D eigenvalue weighted by Crippen LogP contribution is 2.35. The molecule has 3 aromatic heterocycles. The fourth-order valence-corrected chi connectivity index (χ4v) is 3.46. The van der Waals surface area contributed by atoms with Crippen molar-refractivity contribution in [1.29, 1.82) is 5.53 Å². The maximum atomic E-state index is 13.0. The van der Waals surface area contributed by atoms with Crippen molar-refractivity contribution in [2.75, 3.05) is 0 Å². The van der Waals surface area contributed by atoms with Gasteiger partial charge < -0.3 is 4.98 Å². The standard InChI is InChI=1S/C20H13N5O/c21-24-18-15-11-13(12-7-9-22-10-8-12)5-6-17(15)25-19(18)23-16-4-2-1-3-14(16)20(25)26/h1-11,21,23H. The summed E-state index contributed by atoms with van der Waals surface area (Å²) in [6, 6.07) is 17.0. The van der Waals surface area contributed by atoms with E-state index >= 15 is 0 Å². The van der Waals surface area contributed by atoms with Gasteiger partial charge in [-0.1, -0.05) is 18.2 Å². The minimum Gasteiger partial charge on any atom is -0.339 e. The largest absolute Gasteiger partial charge is 0.339 e. The van der Waals surface area contributed by atoms with Crippen LogP contribution in [0.5, 0.6) is 0 Å². The van der Waals surface area contributed by atoms with Crippen molar-refractivity contribution in [3.8, 4) is 11.1 Å². The molecule has 2 aromatic carbocycles. The van der Waals surface area contributed by atoms with Gasteiger partial charge >= 0.3 is 0 Å². The third-order valence-electron chi connectivity index (χ3n) is 4.68. The first-order valence-electron chi connectivity index (χ1n) is 8.15. The van der Waals surface area contributed by atoms with Crippen LogP contribution < -0.4 is 5.56 Å². The molecule has 0 fully saturated rings. The van der Waals surface area contributed by atoms with Crippen molar-refractivity contribution in [1.82, 2.24) is 14.4 Å². The van der Waals surface area contributed by atoms with Gasteiger partial charge in [-0.15, -0.1) is 0 Å². The zero-order valence-electron chi connectivity index (χ0n) is 13.6. The Balaban J connectivity index is 1.95. The van der Waals surface area contributed by atoms with Gasteiger partial charge in [-0.2, -0.15) is 5.11 Å². The van der Waals surface area contributed by atoms with Crippen LogP contribution in [0.3, 0.4) is 0 Å². The quantitative estimate of drug-likeness (QED) is 0.458. The van der Waals surface area contributed by atoms with Gasteiger partial charge in [0.15, 0.2) is 0 Å². The molecule has 0 saturated heterocycles. The summed E-state index contributed by atoms with van der Waals surface area (Å²) in [7, 11) is 0. The molecule has 0 saturated carbocycles. The topological polar surface area (TPSA) is 86.4 Å². The van der Waals surface area contributed by atoms with E-state index < -0.39 is 0 Å². The maximum Gasteiger partial charge on any atom is 0.266 e. The number of aromatic amines is 1. The van der Waals surface area contributed by atoms with Crippen molar-refractivity contribution in [3.05, 3.63) is 77.3 Å². The summed E-state index contributed by atoms with van der Waals surface area (Å²) in [5, 5.41) is 5.08. The predicted molar refractivity (Wildman–Crippen MR) is 101 cm³/mol. The highest BCUT2D eigenvalue weighted by molar-refractivity contribution is 6.03. The van der Waals surface area contributed by atoms with Crippen molar-refractivity contribution in [3.63, 3.8) is 0 Å². The Hall–Kier alpha value is -3.80. The first kappa shape index (κ1) is 14.5. The third kappa shape index (κ3) is 1.92. The molecule has 0 aliphatic carbocycles. The fourth-order valence-electron chi connectivity index (χ4n) is 3.46. The number of rotatable bonds is 2. The van der Waals surface area contributed by atoms with Gasteiger partial charge in [0.1, 0.15) is 11.3 Å². The summed E-state index contributed by atoms with van der Waals surface area (Å²) in [5.41, 5.74) is 12.0. The Bertz CT molecular complexity index is 1370. The summed E-state index contributed by atoms with van der Waals surface area (Å²) in [6.45, 7) is 0. The lowest BCUT2D eigenvalue weighted by Crippen LogP contribution is -2.13. The Morgan fingerprint density at radius 2 is 1.77 bits per heavy atom. The van der Waals surface area contributed by atoms with Crippen LogP contribution in [0.15, 0.2) is 76.9 Å². The van der Waals surface area contributed by atoms with Crippen molar-refractivity contribution >= 4 is 33.1 Å². The monoisotopic (exact) mass is 339 g/mol. The highest BCUT2D eigenvalue weighted by atomic mass is 16.1.